The van der Waals surface area contributed by atoms with Crippen LogP contribution >= 0.6 is 0 Å². The Labute approximate surface area is 127 Å². The predicted octanol–water partition coefficient (Wildman–Crippen LogP) is 3.74. The van der Waals surface area contributed by atoms with Crippen molar-refractivity contribution in [3.05, 3.63) is 71.2 Å². The third kappa shape index (κ3) is 3.17. The van der Waals surface area contributed by atoms with Crippen molar-refractivity contribution in [2.75, 3.05) is 0 Å². The van der Waals surface area contributed by atoms with Crippen molar-refractivity contribution in [3.8, 4) is 0 Å². The van der Waals surface area contributed by atoms with Gasteiger partial charge < -0.3 is 9.73 Å². The van der Waals surface area contributed by atoms with Crippen molar-refractivity contribution in [2.45, 2.75) is 19.9 Å². The Morgan fingerprint density at radius 3 is 2.73 bits per heavy atom. The number of hydrogen-bond donors (Lipinski definition) is 1. The Hall–Kier alpha value is -2.62. The van der Waals surface area contributed by atoms with Crippen LogP contribution in [0.2, 0.25) is 0 Å². The van der Waals surface area contributed by atoms with Crippen LogP contribution in [0.3, 0.4) is 0 Å². The Balaban J connectivity index is 1.65. The number of fused-ring (bicyclic) bond motifs is 1. The molecule has 1 amide bonds. The van der Waals surface area contributed by atoms with Gasteiger partial charge in [-0.05, 0) is 30.7 Å². The molecule has 0 saturated heterocycles. The average molecular weight is 297 g/mol. The molecule has 0 aliphatic carbocycles. The van der Waals surface area contributed by atoms with E-state index in [2.05, 4.69) is 5.32 Å². The number of benzene rings is 2. The summed E-state index contributed by atoms with van der Waals surface area (Å²) in [5.74, 6) is -0.456. The second kappa shape index (κ2) is 6.02. The lowest BCUT2D eigenvalue weighted by Gasteiger charge is -2.05. The Morgan fingerprint density at radius 2 is 1.95 bits per heavy atom. The van der Waals surface area contributed by atoms with Gasteiger partial charge in [0.15, 0.2) is 0 Å². The minimum atomic E-state index is -0.338. The third-order valence-electron chi connectivity index (χ3n) is 3.58. The first-order valence-electron chi connectivity index (χ1n) is 7.10. The Bertz CT molecular complexity index is 806. The van der Waals surface area contributed by atoms with E-state index in [0.29, 0.717) is 23.1 Å². The molecule has 3 rings (SSSR count). The summed E-state index contributed by atoms with van der Waals surface area (Å²) in [6.07, 6.45) is 1.68. The molecule has 0 spiro atoms. The maximum Gasteiger partial charge on any atom is 0.224 e. The minimum absolute atomic E-state index is 0.118. The van der Waals surface area contributed by atoms with Crippen LogP contribution in [0.4, 0.5) is 4.39 Å². The second-order valence-corrected chi connectivity index (χ2v) is 5.34. The molecule has 3 nitrogen and oxygen atoms in total. The number of hydrogen-bond acceptors (Lipinski definition) is 2. The fourth-order valence-corrected chi connectivity index (χ4v) is 2.33. The van der Waals surface area contributed by atoms with Crippen molar-refractivity contribution < 1.29 is 13.6 Å². The smallest absolute Gasteiger partial charge is 0.224 e. The number of carbonyl (C=O) groups excluding carboxylic acids is 1. The molecule has 0 fully saturated rings. The second-order valence-electron chi connectivity index (χ2n) is 5.34. The van der Waals surface area contributed by atoms with E-state index in [1.54, 1.807) is 6.07 Å². The summed E-state index contributed by atoms with van der Waals surface area (Å²) >= 11 is 0. The van der Waals surface area contributed by atoms with Crippen LogP contribution in [0.25, 0.3) is 11.0 Å². The zero-order chi connectivity index (χ0) is 15.5. The van der Waals surface area contributed by atoms with Gasteiger partial charge in [-0.3, -0.25) is 4.79 Å². The number of aryl methyl sites for hydroxylation is 1. The van der Waals surface area contributed by atoms with Crippen LogP contribution < -0.4 is 5.32 Å². The number of halogens is 1. The highest BCUT2D eigenvalue weighted by molar-refractivity contribution is 5.87. The van der Waals surface area contributed by atoms with Gasteiger partial charge in [0.05, 0.1) is 12.7 Å². The van der Waals surface area contributed by atoms with Crippen molar-refractivity contribution in [2.24, 2.45) is 0 Å². The summed E-state index contributed by atoms with van der Waals surface area (Å²) in [5, 5.41) is 3.51. The van der Waals surface area contributed by atoms with Crippen LogP contribution in [0, 0.1) is 12.7 Å². The lowest BCUT2D eigenvalue weighted by molar-refractivity contribution is -0.120. The van der Waals surface area contributed by atoms with Gasteiger partial charge in [0.1, 0.15) is 11.4 Å². The predicted molar refractivity (Wildman–Crippen MR) is 82.9 cm³/mol. The lowest BCUT2D eigenvalue weighted by atomic mass is 10.1. The number of nitrogens with one attached hydrogen (secondary N) is 1. The van der Waals surface area contributed by atoms with Gasteiger partial charge in [-0.25, -0.2) is 4.39 Å². The quantitative estimate of drug-likeness (QED) is 0.797. The highest BCUT2D eigenvalue weighted by atomic mass is 19.1. The van der Waals surface area contributed by atoms with E-state index in [1.807, 2.05) is 31.2 Å². The van der Waals surface area contributed by atoms with Gasteiger partial charge in [-0.1, -0.05) is 29.8 Å². The SMILES string of the molecule is Cc1ccc(CNC(=O)Cc2coc3ccc(F)cc23)cc1. The monoisotopic (exact) mass is 297 g/mol. The molecule has 0 unspecified atom stereocenters. The van der Waals surface area contributed by atoms with E-state index < -0.39 is 0 Å². The fraction of sp³-hybridized carbons (Fsp3) is 0.167. The van der Waals surface area contributed by atoms with Crippen LogP contribution in [-0.2, 0) is 17.8 Å². The normalized spacial score (nSPS) is 10.8. The molecule has 0 bridgehead atoms. The van der Waals surface area contributed by atoms with E-state index in [0.717, 1.165) is 5.56 Å². The van der Waals surface area contributed by atoms with Gasteiger partial charge in [0, 0.05) is 17.5 Å². The molecule has 0 aliphatic rings. The van der Waals surface area contributed by atoms with Gasteiger partial charge in [-0.2, -0.15) is 0 Å². The van der Waals surface area contributed by atoms with Gasteiger partial charge in [-0.15, -0.1) is 0 Å². The van der Waals surface area contributed by atoms with E-state index in [9.17, 15) is 9.18 Å². The highest BCUT2D eigenvalue weighted by Crippen LogP contribution is 2.22. The van der Waals surface area contributed by atoms with Crippen LogP contribution in [-0.4, -0.2) is 5.91 Å². The topological polar surface area (TPSA) is 42.2 Å². The summed E-state index contributed by atoms with van der Waals surface area (Å²) in [5.41, 5.74) is 3.50. The number of rotatable bonds is 4. The van der Waals surface area contributed by atoms with E-state index in [-0.39, 0.29) is 18.1 Å². The molecule has 0 aliphatic heterocycles. The maximum atomic E-state index is 13.3. The zero-order valence-corrected chi connectivity index (χ0v) is 12.2. The van der Waals surface area contributed by atoms with Crippen LogP contribution in [0.1, 0.15) is 16.7 Å². The third-order valence-corrected chi connectivity index (χ3v) is 3.58. The Morgan fingerprint density at radius 1 is 1.18 bits per heavy atom. The summed E-state index contributed by atoms with van der Waals surface area (Å²) in [6, 6.07) is 12.3. The highest BCUT2D eigenvalue weighted by Gasteiger charge is 2.11. The standard InChI is InChI=1S/C18H16FNO2/c1-12-2-4-13(5-3-12)10-20-18(21)8-14-11-22-17-7-6-15(19)9-16(14)17/h2-7,9,11H,8,10H2,1H3,(H,20,21). The van der Waals surface area contributed by atoms with E-state index >= 15 is 0 Å². The molecule has 0 saturated carbocycles. The number of amides is 1. The number of furan rings is 1. The summed E-state index contributed by atoms with van der Waals surface area (Å²) < 4.78 is 18.6. The first-order chi connectivity index (χ1) is 10.6. The maximum absolute atomic E-state index is 13.3. The van der Waals surface area contributed by atoms with Gasteiger partial charge >= 0.3 is 0 Å². The van der Waals surface area contributed by atoms with Crippen LogP contribution in [0.15, 0.2) is 53.1 Å². The largest absolute Gasteiger partial charge is 0.464 e. The van der Waals surface area contributed by atoms with E-state index in [4.69, 9.17) is 4.42 Å². The molecule has 2 aromatic carbocycles. The summed E-state index contributed by atoms with van der Waals surface area (Å²) in [6.45, 7) is 2.49. The first-order valence-corrected chi connectivity index (χ1v) is 7.10. The van der Waals surface area contributed by atoms with Gasteiger partial charge in [0.25, 0.3) is 0 Å². The molecular formula is C18H16FNO2. The lowest BCUT2D eigenvalue weighted by Crippen LogP contribution is -2.24. The summed E-state index contributed by atoms with van der Waals surface area (Å²) in [7, 11) is 0. The Kier molecular flexibility index (Phi) is 3.92. The fourth-order valence-electron chi connectivity index (χ4n) is 2.33. The van der Waals surface area contributed by atoms with Crippen molar-refractivity contribution in [3.63, 3.8) is 0 Å². The molecule has 4 heteroatoms. The molecule has 1 N–H and O–H groups in total. The van der Waals surface area contributed by atoms with Crippen molar-refractivity contribution >= 4 is 16.9 Å². The van der Waals surface area contributed by atoms with Crippen molar-refractivity contribution in [1.82, 2.24) is 5.32 Å². The van der Waals surface area contributed by atoms with Crippen LogP contribution in [0.5, 0.6) is 0 Å². The van der Waals surface area contributed by atoms with E-state index in [1.165, 1.54) is 24.0 Å². The molecule has 0 atom stereocenters. The molecule has 0 radical (unpaired) electrons. The molecular weight excluding hydrogens is 281 g/mol. The van der Waals surface area contributed by atoms with Crippen molar-refractivity contribution in [1.29, 1.82) is 0 Å². The average Bonchev–Trinajstić information content (AvgIpc) is 2.89. The molecule has 3 aromatic rings. The molecule has 22 heavy (non-hydrogen) atoms. The number of carbonyl (C=O) groups is 1. The summed E-state index contributed by atoms with van der Waals surface area (Å²) in [4.78, 5) is 12.0. The minimum Gasteiger partial charge on any atom is -0.464 e. The molecule has 1 heterocycles. The zero-order valence-electron chi connectivity index (χ0n) is 12.2. The molecule has 1 aromatic heterocycles. The van der Waals surface area contributed by atoms with Gasteiger partial charge in [0.2, 0.25) is 5.91 Å². The first kappa shape index (κ1) is 14.3. The molecule has 112 valence electrons.